The molecule has 1 aromatic rings. The Morgan fingerprint density at radius 2 is 1.84 bits per heavy atom. The molecule has 0 saturated carbocycles. The monoisotopic (exact) mass is 378 g/mol. The van der Waals surface area contributed by atoms with Gasteiger partial charge in [0, 0.05) is 19.1 Å². The number of piperidine rings is 1. The van der Waals surface area contributed by atoms with Crippen molar-refractivity contribution in [2.24, 2.45) is 0 Å². The van der Waals surface area contributed by atoms with Gasteiger partial charge < -0.3 is 15.0 Å². The van der Waals surface area contributed by atoms with E-state index in [1.165, 1.54) is 6.07 Å². The number of anilines is 1. The number of ether oxygens (including phenoxy) is 1. The van der Waals surface area contributed by atoms with E-state index in [0.29, 0.717) is 25.9 Å². The molecule has 1 aliphatic heterocycles. The molecule has 1 saturated heterocycles. The van der Waals surface area contributed by atoms with Crippen LogP contribution in [0.15, 0.2) is 18.2 Å². The lowest BCUT2D eigenvalue weighted by Gasteiger charge is -2.34. The summed E-state index contributed by atoms with van der Waals surface area (Å²) in [6, 6.07) is 3.16. The Morgan fingerprint density at radius 1 is 1.24 bits per heavy atom. The second kappa shape index (κ2) is 7.32. The Bertz CT molecular complexity index is 621. The third kappa shape index (κ3) is 5.70. The van der Waals surface area contributed by atoms with E-state index in [0.717, 1.165) is 12.1 Å². The summed E-state index contributed by atoms with van der Waals surface area (Å²) in [6.07, 6.45) is -3.58. The molecule has 0 aromatic heterocycles. The van der Waals surface area contributed by atoms with E-state index in [1.807, 2.05) is 0 Å². The highest BCUT2D eigenvalue weighted by Gasteiger charge is 2.32. The lowest BCUT2D eigenvalue weighted by molar-refractivity contribution is -0.137. The van der Waals surface area contributed by atoms with Gasteiger partial charge in [0.2, 0.25) is 0 Å². The number of hydrogen-bond acceptors (Lipinski definition) is 3. The molecule has 0 radical (unpaired) electrons. The summed E-state index contributed by atoms with van der Waals surface area (Å²) >= 11 is 6.00. The average molecular weight is 379 g/mol. The molecule has 2 rings (SSSR count). The van der Waals surface area contributed by atoms with Crippen LogP contribution in [0, 0.1) is 0 Å². The number of nitrogens with one attached hydrogen (secondary N) is 1. The predicted molar refractivity (Wildman–Crippen MR) is 90.9 cm³/mol. The van der Waals surface area contributed by atoms with Crippen LogP contribution in [0.5, 0.6) is 0 Å². The van der Waals surface area contributed by atoms with Crippen molar-refractivity contribution in [1.29, 1.82) is 0 Å². The molecule has 1 aliphatic rings. The van der Waals surface area contributed by atoms with Crippen molar-refractivity contribution in [2.75, 3.05) is 18.4 Å². The Balaban J connectivity index is 1.95. The molecule has 0 atom stereocenters. The number of amides is 1. The minimum Gasteiger partial charge on any atom is -0.444 e. The first-order valence-corrected chi connectivity index (χ1v) is 8.45. The Labute approximate surface area is 150 Å². The number of benzene rings is 1. The van der Waals surface area contributed by atoms with Gasteiger partial charge in [-0.25, -0.2) is 4.79 Å². The van der Waals surface area contributed by atoms with Crippen molar-refractivity contribution in [2.45, 2.75) is 51.4 Å². The largest absolute Gasteiger partial charge is 0.444 e. The lowest BCUT2D eigenvalue weighted by Crippen LogP contribution is -2.44. The van der Waals surface area contributed by atoms with Crippen LogP contribution in [-0.2, 0) is 10.9 Å². The molecule has 4 nitrogen and oxygen atoms in total. The molecule has 0 unspecified atom stereocenters. The number of rotatable bonds is 2. The standard InChI is InChI=1S/C17H22ClF3N2O2/c1-16(2,3)25-15(24)23-8-6-12(7-9-23)22-14-10-11(17(19,20)21)4-5-13(14)18/h4-5,10,12,22H,6-9H2,1-3H3. The maximum absolute atomic E-state index is 12.8. The summed E-state index contributed by atoms with van der Waals surface area (Å²) in [5.41, 5.74) is -1.05. The quantitative estimate of drug-likeness (QED) is 0.771. The Morgan fingerprint density at radius 3 is 2.36 bits per heavy atom. The van der Waals surface area contributed by atoms with Gasteiger partial charge in [-0.15, -0.1) is 0 Å². The van der Waals surface area contributed by atoms with Crippen LogP contribution in [0.2, 0.25) is 5.02 Å². The minimum absolute atomic E-state index is 0.0559. The van der Waals surface area contributed by atoms with E-state index in [1.54, 1.807) is 25.7 Å². The highest BCUT2D eigenvalue weighted by molar-refractivity contribution is 6.33. The van der Waals surface area contributed by atoms with Crippen LogP contribution in [0.3, 0.4) is 0 Å². The highest BCUT2D eigenvalue weighted by Crippen LogP contribution is 2.34. The van der Waals surface area contributed by atoms with Crippen molar-refractivity contribution in [3.8, 4) is 0 Å². The first-order chi connectivity index (χ1) is 11.5. The van der Waals surface area contributed by atoms with E-state index >= 15 is 0 Å². The summed E-state index contributed by atoms with van der Waals surface area (Å²) in [5, 5.41) is 3.30. The van der Waals surface area contributed by atoms with Crippen LogP contribution in [0.4, 0.5) is 23.7 Å². The van der Waals surface area contributed by atoms with Crippen molar-refractivity contribution >= 4 is 23.4 Å². The molecular formula is C17H22ClF3N2O2. The van der Waals surface area contributed by atoms with E-state index in [4.69, 9.17) is 16.3 Å². The molecule has 0 spiro atoms. The van der Waals surface area contributed by atoms with E-state index < -0.39 is 17.3 Å². The van der Waals surface area contributed by atoms with Gasteiger partial charge in [0.15, 0.2) is 0 Å². The molecule has 8 heteroatoms. The first kappa shape index (κ1) is 19.7. The van der Waals surface area contributed by atoms with Crippen molar-refractivity contribution in [3.05, 3.63) is 28.8 Å². The third-order valence-electron chi connectivity index (χ3n) is 3.80. The number of nitrogens with zero attached hydrogens (tertiary/aromatic N) is 1. The molecule has 1 N–H and O–H groups in total. The molecule has 140 valence electrons. The fourth-order valence-electron chi connectivity index (χ4n) is 2.57. The van der Waals surface area contributed by atoms with Gasteiger partial charge in [0.25, 0.3) is 0 Å². The molecule has 25 heavy (non-hydrogen) atoms. The SMILES string of the molecule is CC(C)(C)OC(=O)N1CCC(Nc2cc(C(F)(F)F)ccc2Cl)CC1. The fourth-order valence-corrected chi connectivity index (χ4v) is 2.74. The maximum atomic E-state index is 12.8. The number of halogens is 4. The minimum atomic E-state index is -4.42. The number of likely N-dealkylation sites (tertiary alicyclic amines) is 1. The van der Waals surface area contributed by atoms with Gasteiger partial charge in [0.1, 0.15) is 5.60 Å². The van der Waals surface area contributed by atoms with E-state index in [2.05, 4.69) is 5.32 Å². The summed E-state index contributed by atoms with van der Waals surface area (Å²) in [6.45, 7) is 6.35. The number of hydrogen-bond donors (Lipinski definition) is 1. The third-order valence-corrected chi connectivity index (χ3v) is 4.13. The highest BCUT2D eigenvalue weighted by atomic mass is 35.5. The first-order valence-electron chi connectivity index (χ1n) is 8.07. The average Bonchev–Trinajstić information content (AvgIpc) is 2.47. The normalized spacial score (nSPS) is 16.7. The maximum Gasteiger partial charge on any atom is 0.416 e. The zero-order valence-electron chi connectivity index (χ0n) is 14.4. The zero-order valence-corrected chi connectivity index (χ0v) is 15.2. The van der Waals surface area contributed by atoms with E-state index in [9.17, 15) is 18.0 Å². The van der Waals surface area contributed by atoms with Crippen LogP contribution in [0.25, 0.3) is 0 Å². The summed E-state index contributed by atoms with van der Waals surface area (Å²) in [4.78, 5) is 13.6. The van der Waals surface area contributed by atoms with Crippen LogP contribution in [-0.4, -0.2) is 35.7 Å². The van der Waals surface area contributed by atoms with E-state index in [-0.39, 0.29) is 22.8 Å². The molecule has 0 bridgehead atoms. The second-order valence-corrected chi connectivity index (χ2v) is 7.49. The summed E-state index contributed by atoms with van der Waals surface area (Å²) in [7, 11) is 0. The summed E-state index contributed by atoms with van der Waals surface area (Å²) in [5.74, 6) is 0. The van der Waals surface area contributed by atoms with Gasteiger partial charge in [-0.2, -0.15) is 13.2 Å². The summed E-state index contributed by atoms with van der Waals surface area (Å²) < 4.78 is 43.8. The zero-order chi connectivity index (χ0) is 18.8. The van der Waals surface area contributed by atoms with Gasteiger partial charge in [0.05, 0.1) is 16.3 Å². The van der Waals surface area contributed by atoms with Crippen LogP contribution in [0.1, 0.15) is 39.2 Å². The van der Waals surface area contributed by atoms with Crippen molar-refractivity contribution < 1.29 is 22.7 Å². The van der Waals surface area contributed by atoms with Crippen molar-refractivity contribution in [3.63, 3.8) is 0 Å². The van der Waals surface area contributed by atoms with Gasteiger partial charge in [-0.05, 0) is 51.8 Å². The van der Waals surface area contributed by atoms with Gasteiger partial charge >= 0.3 is 12.3 Å². The van der Waals surface area contributed by atoms with Crippen molar-refractivity contribution in [1.82, 2.24) is 4.90 Å². The van der Waals surface area contributed by atoms with Gasteiger partial charge in [-0.1, -0.05) is 11.6 Å². The number of alkyl halides is 3. The van der Waals surface area contributed by atoms with Crippen LogP contribution >= 0.6 is 11.6 Å². The molecular weight excluding hydrogens is 357 g/mol. The topological polar surface area (TPSA) is 41.6 Å². The van der Waals surface area contributed by atoms with Gasteiger partial charge in [-0.3, -0.25) is 0 Å². The Hall–Kier alpha value is -1.63. The molecule has 1 heterocycles. The second-order valence-electron chi connectivity index (χ2n) is 7.08. The number of carbonyl (C=O) groups is 1. The molecule has 0 aliphatic carbocycles. The number of carbonyl (C=O) groups excluding carboxylic acids is 1. The Kier molecular flexibility index (Phi) is 5.76. The molecule has 1 fully saturated rings. The lowest BCUT2D eigenvalue weighted by atomic mass is 10.0. The smallest absolute Gasteiger partial charge is 0.416 e. The molecule has 1 aromatic carbocycles. The fraction of sp³-hybridized carbons (Fsp3) is 0.588. The molecule has 1 amide bonds. The van der Waals surface area contributed by atoms with Crippen LogP contribution < -0.4 is 5.32 Å². The predicted octanol–water partition coefficient (Wildman–Crippen LogP) is 5.17.